The van der Waals surface area contributed by atoms with Crippen LogP contribution in [0, 0.1) is 10.1 Å². The molecule has 2 saturated heterocycles. The number of nitrogens with zero attached hydrogens (tertiary/aromatic N) is 1. The van der Waals surface area contributed by atoms with Gasteiger partial charge in [-0.1, -0.05) is 0 Å². The average molecular weight is 263 g/mol. The number of nitro benzene ring substituents is 1. The molecule has 2 heterocycles. The highest BCUT2D eigenvalue weighted by molar-refractivity contribution is 5.47. The summed E-state index contributed by atoms with van der Waals surface area (Å²) in [6.45, 7) is 3.69. The molecule has 2 aliphatic heterocycles. The molecule has 0 spiro atoms. The number of hydrogen-bond donors (Lipinski definition) is 0. The van der Waals surface area contributed by atoms with Crippen LogP contribution in [0.3, 0.4) is 0 Å². The molecule has 2 fully saturated rings. The summed E-state index contributed by atoms with van der Waals surface area (Å²) >= 11 is 0. The minimum absolute atomic E-state index is 0.00504. The van der Waals surface area contributed by atoms with E-state index in [9.17, 15) is 10.1 Å². The van der Waals surface area contributed by atoms with Crippen molar-refractivity contribution in [1.29, 1.82) is 0 Å². The molecule has 4 atom stereocenters. The zero-order valence-corrected chi connectivity index (χ0v) is 10.5. The Morgan fingerprint density at radius 1 is 1.16 bits per heavy atom. The molecule has 1 aliphatic carbocycles. The van der Waals surface area contributed by atoms with E-state index in [0.717, 1.165) is 11.1 Å². The molecule has 3 aliphatic rings. The number of benzene rings is 1. The molecular weight excluding hydrogens is 250 g/mol. The van der Waals surface area contributed by atoms with Gasteiger partial charge in [-0.3, -0.25) is 10.1 Å². The second-order valence-electron chi connectivity index (χ2n) is 5.61. The lowest BCUT2D eigenvalue weighted by atomic mass is 9.87. The third-order valence-corrected chi connectivity index (χ3v) is 3.87. The SMILES string of the molecule is CC1(C)O[C@H]2[C@@H]3O[C@@H]3c3ccc([N+](=O)[O-])cc3[C@H]2O1. The molecule has 6 heteroatoms. The fourth-order valence-electron chi connectivity index (χ4n) is 3.08. The number of hydrogen-bond acceptors (Lipinski definition) is 5. The van der Waals surface area contributed by atoms with Crippen molar-refractivity contribution in [3.63, 3.8) is 0 Å². The molecule has 0 radical (unpaired) electrons. The van der Waals surface area contributed by atoms with Crippen LogP contribution in [0.4, 0.5) is 5.69 Å². The number of fused-ring (bicyclic) bond motifs is 6. The topological polar surface area (TPSA) is 74.1 Å². The van der Waals surface area contributed by atoms with Gasteiger partial charge in [0.25, 0.3) is 5.69 Å². The van der Waals surface area contributed by atoms with Gasteiger partial charge in [-0.15, -0.1) is 0 Å². The molecule has 0 saturated carbocycles. The first-order valence-corrected chi connectivity index (χ1v) is 6.26. The van der Waals surface area contributed by atoms with E-state index in [0.29, 0.717) is 0 Å². The third kappa shape index (κ3) is 1.54. The molecule has 0 aromatic heterocycles. The minimum atomic E-state index is -0.682. The van der Waals surface area contributed by atoms with Gasteiger partial charge in [0.1, 0.15) is 24.4 Å². The molecule has 1 aromatic carbocycles. The standard InChI is InChI=1S/C13H13NO5/c1-13(2)18-10-8-5-6(14(15)16)3-4-7(8)9-11(17-9)12(10)19-13/h3-5,9-12H,1-2H3/t9-,10-,11-,12-/m1/s1. The zero-order chi connectivity index (χ0) is 13.4. The summed E-state index contributed by atoms with van der Waals surface area (Å²) < 4.78 is 17.4. The van der Waals surface area contributed by atoms with Crippen molar-refractivity contribution >= 4 is 5.69 Å². The molecule has 0 amide bonds. The van der Waals surface area contributed by atoms with Crippen LogP contribution in [-0.4, -0.2) is 22.9 Å². The van der Waals surface area contributed by atoms with Gasteiger partial charge >= 0.3 is 0 Å². The van der Waals surface area contributed by atoms with Gasteiger partial charge in [0.05, 0.1) is 4.92 Å². The van der Waals surface area contributed by atoms with Gasteiger partial charge in [0.15, 0.2) is 5.79 Å². The fourth-order valence-corrected chi connectivity index (χ4v) is 3.08. The van der Waals surface area contributed by atoms with Crippen LogP contribution in [-0.2, 0) is 14.2 Å². The first-order chi connectivity index (χ1) is 8.96. The average Bonchev–Trinajstić information content (AvgIpc) is 3.07. The summed E-state index contributed by atoms with van der Waals surface area (Å²) in [5.41, 5.74) is 1.88. The Kier molecular flexibility index (Phi) is 1.99. The van der Waals surface area contributed by atoms with Gasteiger partial charge in [0.2, 0.25) is 0 Å². The molecule has 100 valence electrons. The van der Waals surface area contributed by atoms with E-state index in [1.54, 1.807) is 12.1 Å². The van der Waals surface area contributed by atoms with Crippen molar-refractivity contribution in [2.24, 2.45) is 0 Å². The number of nitro groups is 1. The van der Waals surface area contributed by atoms with E-state index in [1.165, 1.54) is 6.07 Å². The summed E-state index contributed by atoms with van der Waals surface area (Å²) in [5.74, 6) is -0.682. The van der Waals surface area contributed by atoms with Crippen molar-refractivity contribution in [1.82, 2.24) is 0 Å². The molecule has 0 N–H and O–H groups in total. The summed E-state index contributed by atoms with van der Waals surface area (Å²) in [6.07, 6.45) is -0.446. The highest BCUT2D eigenvalue weighted by Crippen LogP contribution is 2.57. The molecule has 19 heavy (non-hydrogen) atoms. The Bertz CT molecular complexity index is 584. The second-order valence-corrected chi connectivity index (χ2v) is 5.61. The summed E-state index contributed by atoms with van der Waals surface area (Å²) in [4.78, 5) is 10.5. The zero-order valence-electron chi connectivity index (χ0n) is 10.5. The van der Waals surface area contributed by atoms with Crippen molar-refractivity contribution in [2.45, 2.75) is 44.1 Å². The van der Waals surface area contributed by atoms with Crippen LogP contribution in [0.5, 0.6) is 0 Å². The number of rotatable bonds is 1. The first kappa shape index (κ1) is 11.3. The highest BCUT2D eigenvalue weighted by Gasteiger charge is 2.60. The van der Waals surface area contributed by atoms with E-state index >= 15 is 0 Å². The Labute approximate surface area is 109 Å². The largest absolute Gasteiger partial charge is 0.362 e. The number of ether oxygens (including phenoxy) is 3. The molecule has 0 unspecified atom stereocenters. The van der Waals surface area contributed by atoms with Crippen molar-refractivity contribution in [2.75, 3.05) is 0 Å². The van der Waals surface area contributed by atoms with E-state index in [-0.39, 0.29) is 30.1 Å². The van der Waals surface area contributed by atoms with E-state index in [1.807, 2.05) is 13.8 Å². The molecule has 4 rings (SSSR count). The van der Waals surface area contributed by atoms with Gasteiger partial charge in [-0.05, 0) is 31.0 Å². The lowest BCUT2D eigenvalue weighted by Crippen LogP contribution is -2.27. The molecule has 0 bridgehead atoms. The van der Waals surface area contributed by atoms with Crippen molar-refractivity contribution in [3.05, 3.63) is 39.4 Å². The summed E-state index contributed by atoms with van der Waals surface area (Å²) in [5, 5.41) is 10.9. The van der Waals surface area contributed by atoms with E-state index < -0.39 is 10.7 Å². The molecule has 1 aromatic rings. The van der Waals surface area contributed by atoms with Crippen molar-refractivity contribution in [3.8, 4) is 0 Å². The van der Waals surface area contributed by atoms with E-state index in [2.05, 4.69) is 0 Å². The molecular formula is C13H13NO5. The van der Waals surface area contributed by atoms with Crippen LogP contribution in [0.15, 0.2) is 18.2 Å². The van der Waals surface area contributed by atoms with Crippen LogP contribution in [0.1, 0.15) is 37.2 Å². The third-order valence-electron chi connectivity index (χ3n) is 3.87. The van der Waals surface area contributed by atoms with Gasteiger partial charge in [-0.25, -0.2) is 0 Å². The lowest BCUT2D eigenvalue weighted by Gasteiger charge is -2.22. The predicted molar refractivity (Wildman–Crippen MR) is 63.5 cm³/mol. The smallest absolute Gasteiger partial charge is 0.269 e. The Morgan fingerprint density at radius 2 is 1.95 bits per heavy atom. The monoisotopic (exact) mass is 263 g/mol. The van der Waals surface area contributed by atoms with Crippen molar-refractivity contribution < 1.29 is 19.1 Å². The van der Waals surface area contributed by atoms with Crippen LogP contribution in [0.2, 0.25) is 0 Å². The van der Waals surface area contributed by atoms with E-state index in [4.69, 9.17) is 14.2 Å². The second kappa shape index (κ2) is 3.33. The lowest BCUT2D eigenvalue weighted by molar-refractivity contribution is -0.385. The minimum Gasteiger partial charge on any atom is -0.362 e. The first-order valence-electron chi connectivity index (χ1n) is 6.26. The Morgan fingerprint density at radius 3 is 2.68 bits per heavy atom. The van der Waals surface area contributed by atoms with Gasteiger partial charge < -0.3 is 14.2 Å². The Balaban J connectivity index is 1.83. The quantitative estimate of drug-likeness (QED) is 0.441. The number of non-ortho nitro benzene ring substituents is 1. The fraction of sp³-hybridized carbons (Fsp3) is 0.538. The number of epoxide rings is 1. The van der Waals surface area contributed by atoms with Gasteiger partial charge in [-0.2, -0.15) is 0 Å². The summed E-state index contributed by atoms with van der Waals surface area (Å²) in [6, 6.07) is 4.86. The highest BCUT2D eigenvalue weighted by atomic mass is 16.8. The maximum atomic E-state index is 10.9. The predicted octanol–water partition coefficient (Wildman–Crippen LogP) is 2.24. The maximum absolute atomic E-state index is 10.9. The normalized spacial score (nSPS) is 37.2. The summed E-state index contributed by atoms with van der Waals surface area (Å²) in [7, 11) is 0. The Hall–Kier alpha value is -1.50. The molecule has 6 nitrogen and oxygen atoms in total. The van der Waals surface area contributed by atoms with Gasteiger partial charge in [0, 0.05) is 12.1 Å². The van der Waals surface area contributed by atoms with Crippen LogP contribution < -0.4 is 0 Å². The maximum Gasteiger partial charge on any atom is 0.269 e. The van der Waals surface area contributed by atoms with Crippen LogP contribution in [0.25, 0.3) is 0 Å². The van der Waals surface area contributed by atoms with Crippen LogP contribution >= 0.6 is 0 Å².